The second-order valence-electron chi connectivity index (χ2n) is 6.40. The summed E-state index contributed by atoms with van der Waals surface area (Å²) in [5.74, 6) is 2.01. The first-order valence-electron chi connectivity index (χ1n) is 8.92. The smallest absolute Gasteiger partial charge is 0.277 e. The van der Waals surface area contributed by atoms with Gasteiger partial charge in [0.05, 0.1) is 18.3 Å². The fourth-order valence-electron chi connectivity index (χ4n) is 2.70. The molecule has 0 spiro atoms. The summed E-state index contributed by atoms with van der Waals surface area (Å²) in [7, 11) is 1.56. The minimum absolute atomic E-state index is 0.130. The Balaban J connectivity index is 1.54. The van der Waals surface area contributed by atoms with Crippen LogP contribution >= 0.6 is 11.6 Å². The van der Waals surface area contributed by atoms with Crippen molar-refractivity contribution in [3.8, 4) is 22.8 Å². The van der Waals surface area contributed by atoms with Crippen molar-refractivity contribution < 1.29 is 18.7 Å². The fourth-order valence-corrected chi connectivity index (χ4v) is 2.96. The van der Waals surface area contributed by atoms with Crippen molar-refractivity contribution in [1.29, 1.82) is 0 Å². The van der Waals surface area contributed by atoms with Gasteiger partial charge in [0.25, 0.3) is 5.91 Å². The van der Waals surface area contributed by atoms with Crippen molar-refractivity contribution in [3.05, 3.63) is 70.4 Å². The number of carbonyl (C=O) groups excluding carboxylic acids is 1. The number of nitrogens with zero attached hydrogens (tertiary/aromatic N) is 1. The minimum Gasteiger partial charge on any atom is -0.495 e. The molecule has 0 aliphatic heterocycles. The molecule has 0 aliphatic rings. The molecule has 29 heavy (non-hydrogen) atoms. The van der Waals surface area contributed by atoms with Crippen LogP contribution in [0, 0.1) is 13.8 Å². The van der Waals surface area contributed by atoms with Gasteiger partial charge in [-0.25, -0.2) is 5.43 Å². The van der Waals surface area contributed by atoms with Crippen LogP contribution in [0.2, 0.25) is 5.02 Å². The molecule has 1 N–H and O–H groups in total. The van der Waals surface area contributed by atoms with E-state index in [1.807, 2.05) is 38.1 Å². The van der Waals surface area contributed by atoms with Crippen LogP contribution in [0.1, 0.15) is 16.9 Å². The maximum absolute atomic E-state index is 11.9. The normalized spacial score (nSPS) is 10.9. The van der Waals surface area contributed by atoms with Crippen LogP contribution in [-0.2, 0) is 4.79 Å². The number of carbonyl (C=O) groups is 1. The fraction of sp³-hybridized carbons (Fsp3) is 0.182. The highest BCUT2D eigenvalue weighted by atomic mass is 35.5. The van der Waals surface area contributed by atoms with Crippen LogP contribution in [0.15, 0.2) is 58.0 Å². The first kappa shape index (κ1) is 20.5. The second kappa shape index (κ2) is 9.30. The molecule has 150 valence electrons. The summed E-state index contributed by atoms with van der Waals surface area (Å²) in [5.41, 5.74) is 5.33. The van der Waals surface area contributed by atoms with Crippen molar-refractivity contribution in [2.75, 3.05) is 13.7 Å². The molecule has 1 aromatic heterocycles. The maximum Gasteiger partial charge on any atom is 0.277 e. The number of benzene rings is 2. The van der Waals surface area contributed by atoms with E-state index in [0.717, 1.165) is 16.7 Å². The van der Waals surface area contributed by atoms with E-state index in [9.17, 15) is 4.79 Å². The topological polar surface area (TPSA) is 73.1 Å². The third-order valence-electron chi connectivity index (χ3n) is 4.13. The molecule has 2 aromatic carbocycles. The zero-order valence-corrected chi connectivity index (χ0v) is 17.1. The van der Waals surface area contributed by atoms with E-state index in [1.54, 1.807) is 31.4 Å². The molecule has 0 bridgehead atoms. The maximum atomic E-state index is 11.9. The van der Waals surface area contributed by atoms with Crippen LogP contribution in [0.4, 0.5) is 0 Å². The monoisotopic (exact) mass is 412 g/mol. The van der Waals surface area contributed by atoms with E-state index in [2.05, 4.69) is 10.5 Å². The summed E-state index contributed by atoms with van der Waals surface area (Å²) >= 11 is 6.14. The number of ether oxygens (including phenoxy) is 2. The predicted octanol–water partition coefficient (Wildman–Crippen LogP) is 4.75. The average Bonchev–Trinajstić information content (AvgIpc) is 3.16. The molecule has 0 unspecified atom stereocenters. The molecule has 0 radical (unpaired) electrons. The van der Waals surface area contributed by atoms with Gasteiger partial charge in [0.15, 0.2) is 6.61 Å². The van der Waals surface area contributed by atoms with Crippen LogP contribution in [-0.4, -0.2) is 25.8 Å². The molecule has 0 saturated carbocycles. The lowest BCUT2D eigenvalue weighted by Gasteiger charge is -2.08. The minimum atomic E-state index is -0.366. The standard InChI is InChI=1S/C22H21ClN2O4/c1-14-4-7-19(15(2)10-14)28-13-22(26)25-24-12-17-6-9-20(29-17)16-5-8-21(27-3)18(23)11-16/h4-12H,13H2,1-3H3,(H,25,26)/b24-12-. The molecular formula is C22H21ClN2O4. The predicted molar refractivity (Wildman–Crippen MR) is 113 cm³/mol. The molecule has 7 heteroatoms. The third kappa shape index (κ3) is 5.39. The lowest BCUT2D eigenvalue weighted by molar-refractivity contribution is -0.123. The summed E-state index contributed by atoms with van der Waals surface area (Å²) in [4.78, 5) is 11.9. The summed E-state index contributed by atoms with van der Waals surface area (Å²) in [5, 5.41) is 4.39. The summed E-state index contributed by atoms with van der Waals surface area (Å²) < 4.78 is 16.4. The Bertz CT molecular complexity index is 1040. The number of aryl methyl sites for hydroxylation is 2. The molecule has 0 atom stereocenters. The Kier molecular flexibility index (Phi) is 6.57. The van der Waals surface area contributed by atoms with Gasteiger partial charge in [-0.05, 0) is 55.8 Å². The SMILES string of the molecule is COc1ccc(-c2ccc(/C=N\NC(=O)COc3ccc(C)cc3C)o2)cc1Cl. The Hall–Kier alpha value is -3.25. The zero-order chi connectivity index (χ0) is 20.8. The van der Waals surface area contributed by atoms with E-state index in [1.165, 1.54) is 6.21 Å². The summed E-state index contributed by atoms with van der Waals surface area (Å²) in [6.07, 6.45) is 1.42. The average molecular weight is 413 g/mol. The Morgan fingerprint density at radius 2 is 1.93 bits per heavy atom. The highest BCUT2D eigenvalue weighted by Gasteiger charge is 2.08. The van der Waals surface area contributed by atoms with Gasteiger partial charge in [0, 0.05) is 5.56 Å². The lowest BCUT2D eigenvalue weighted by Crippen LogP contribution is -2.24. The molecule has 0 fully saturated rings. The number of halogens is 1. The third-order valence-corrected chi connectivity index (χ3v) is 4.43. The van der Waals surface area contributed by atoms with E-state index in [-0.39, 0.29) is 12.5 Å². The number of hydrogen-bond acceptors (Lipinski definition) is 5. The Morgan fingerprint density at radius 1 is 1.14 bits per heavy atom. The zero-order valence-electron chi connectivity index (χ0n) is 16.4. The van der Waals surface area contributed by atoms with Crippen molar-refractivity contribution >= 4 is 23.7 Å². The highest BCUT2D eigenvalue weighted by Crippen LogP contribution is 2.30. The van der Waals surface area contributed by atoms with Gasteiger partial charge in [0.1, 0.15) is 23.0 Å². The molecule has 3 rings (SSSR count). The highest BCUT2D eigenvalue weighted by molar-refractivity contribution is 6.32. The van der Waals surface area contributed by atoms with E-state index in [0.29, 0.717) is 28.0 Å². The van der Waals surface area contributed by atoms with Crippen LogP contribution in [0.3, 0.4) is 0 Å². The number of amides is 1. The molecular weight excluding hydrogens is 392 g/mol. The van der Waals surface area contributed by atoms with Crippen molar-refractivity contribution in [1.82, 2.24) is 5.43 Å². The summed E-state index contributed by atoms with van der Waals surface area (Å²) in [6.45, 7) is 3.80. The number of nitrogens with one attached hydrogen (secondary N) is 1. The van der Waals surface area contributed by atoms with Gasteiger partial charge in [-0.1, -0.05) is 29.3 Å². The Labute approximate surface area is 174 Å². The molecule has 1 heterocycles. The van der Waals surface area contributed by atoms with Crippen molar-refractivity contribution in [2.24, 2.45) is 5.10 Å². The van der Waals surface area contributed by atoms with E-state index in [4.69, 9.17) is 25.5 Å². The number of hydrogen-bond donors (Lipinski definition) is 1. The number of methoxy groups -OCH3 is 1. The van der Waals surface area contributed by atoms with Crippen molar-refractivity contribution in [2.45, 2.75) is 13.8 Å². The van der Waals surface area contributed by atoms with Gasteiger partial charge in [-0.3, -0.25) is 4.79 Å². The Morgan fingerprint density at radius 3 is 2.66 bits per heavy atom. The largest absolute Gasteiger partial charge is 0.495 e. The van der Waals surface area contributed by atoms with E-state index >= 15 is 0 Å². The number of hydrazone groups is 1. The molecule has 3 aromatic rings. The second-order valence-corrected chi connectivity index (χ2v) is 6.81. The number of furan rings is 1. The van der Waals surface area contributed by atoms with Gasteiger partial charge in [-0.2, -0.15) is 5.10 Å². The molecule has 0 saturated heterocycles. The van der Waals surface area contributed by atoms with Crippen LogP contribution in [0.25, 0.3) is 11.3 Å². The van der Waals surface area contributed by atoms with E-state index < -0.39 is 0 Å². The van der Waals surface area contributed by atoms with Gasteiger partial charge in [0.2, 0.25) is 0 Å². The first-order valence-corrected chi connectivity index (χ1v) is 9.30. The number of rotatable bonds is 7. The quantitative estimate of drug-likeness (QED) is 0.448. The lowest BCUT2D eigenvalue weighted by atomic mass is 10.1. The van der Waals surface area contributed by atoms with Crippen LogP contribution < -0.4 is 14.9 Å². The van der Waals surface area contributed by atoms with Gasteiger partial charge >= 0.3 is 0 Å². The summed E-state index contributed by atoms with van der Waals surface area (Å²) in [6, 6.07) is 14.7. The van der Waals surface area contributed by atoms with Gasteiger partial charge in [-0.15, -0.1) is 0 Å². The van der Waals surface area contributed by atoms with Crippen LogP contribution in [0.5, 0.6) is 11.5 Å². The van der Waals surface area contributed by atoms with Gasteiger partial charge < -0.3 is 13.9 Å². The molecule has 0 aliphatic carbocycles. The molecule has 6 nitrogen and oxygen atoms in total. The first-order chi connectivity index (χ1) is 14.0. The molecule has 1 amide bonds. The van der Waals surface area contributed by atoms with Crippen molar-refractivity contribution in [3.63, 3.8) is 0 Å².